The van der Waals surface area contributed by atoms with Gasteiger partial charge in [-0.25, -0.2) is 9.97 Å². The van der Waals surface area contributed by atoms with E-state index in [2.05, 4.69) is 25.9 Å². The molecule has 1 aromatic carbocycles. The number of benzene rings is 1. The van der Waals surface area contributed by atoms with Crippen LogP contribution in [0.25, 0.3) is 11.4 Å². The Morgan fingerprint density at radius 2 is 1.75 bits per heavy atom. The van der Waals surface area contributed by atoms with Crippen molar-refractivity contribution in [3.8, 4) is 17.1 Å². The fourth-order valence-corrected chi connectivity index (χ4v) is 1.73. The molecule has 0 aliphatic rings. The van der Waals surface area contributed by atoms with E-state index in [4.69, 9.17) is 23.2 Å². The molecular weight excluding hydrogens is 315 g/mol. The van der Waals surface area contributed by atoms with E-state index < -0.39 is 0 Å². The van der Waals surface area contributed by atoms with E-state index >= 15 is 0 Å². The van der Waals surface area contributed by atoms with Gasteiger partial charge in [0, 0.05) is 5.56 Å². The summed E-state index contributed by atoms with van der Waals surface area (Å²) in [6, 6.07) is 6.55. The highest BCUT2D eigenvalue weighted by atomic mass is 79.9. The molecule has 2 aromatic rings. The van der Waals surface area contributed by atoms with Gasteiger partial charge in [-0.05, 0) is 28.1 Å². The molecule has 6 heteroatoms. The maximum absolute atomic E-state index is 9.34. The highest BCUT2D eigenvalue weighted by molar-refractivity contribution is 9.10. The minimum atomic E-state index is 0.135. The van der Waals surface area contributed by atoms with Gasteiger partial charge in [-0.1, -0.05) is 35.3 Å². The summed E-state index contributed by atoms with van der Waals surface area (Å²) in [4.78, 5) is 8.11. The molecule has 0 saturated heterocycles. The Balaban J connectivity index is 2.57. The molecule has 0 amide bonds. The third-order valence-corrected chi connectivity index (χ3v) is 3.63. The maximum Gasteiger partial charge on any atom is 0.162 e. The normalized spacial score (nSPS) is 10.4. The van der Waals surface area contributed by atoms with Crippen LogP contribution in [0.2, 0.25) is 10.3 Å². The molecule has 16 heavy (non-hydrogen) atoms. The number of aromatic nitrogens is 2. The van der Waals surface area contributed by atoms with Crippen molar-refractivity contribution >= 4 is 39.1 Å². The quantitative estimate of drug-likeness (QED) is 0.810. The molecule has 82 valence electrons. The van der Waals surface area contributed by atoms with Crippen LogP contribution < -0.4 is 0 Å². The first-order valence-corrected chi connectivity index (χ1v) is 5.81. The molecule has 0 bridgehead atoms. The summed E-state index contributed by atoms with van der Waals surface area (Å²) in [5.41, 5.74) is 0.649. The number of rotatable bonds is 1. The zero-order valence-corrected chi connectivity index (χ0v) is 10.9. The molecule has 2 rings (SSSR count). The van der Waals surface area contributed by atoms with Gasteiger partial charge in [0.1, 0.15) is 16.1 Å². The predicted molar refractivity (Wildman–Crippen MR) is 66.9 cm³/mol. The number of hydrogen-bond donors (Lipinski definition) is 1. The Bertz CT molecular complexity index is 525. The number of phenolic OH excluding ortho intramolecular Hbond substituents is 1. The number of nitrogens with zero attached hydrogens (tertiary/aromatic N) is 2. The van der Waals surface area contributed by atoms with Gasteiger partial charge in [0.15, 0.2) is 5.82 Å². The summed E-state index contributed by atoms with van der Waals surface area (Å²) in [7, 11) is 0. The van der Waals surface area contributed by atoms with E-state index in [1.54, 1.807) is 18.2 Å². The molecule has 0 atom stereocenters. The van der Waals surface area contributed by atoms with Gasteiger partial charge in [-0.2, -0.15) is 0 Å². The van der Waals surface area contributed by atoms with Crippen LogP contribution in [0.1, 0.15) is 0 Å². The van der Waals surface area contributed by atoms with Crippen molar-refractivity contribution in [2.45, 2.75) is 0 Å². The van der Waals surface area contributed by atoms with Crippen molar-refractivity contribution in [3.63, 3.8) is 0 Å². The molecule has 0 aliphatic carbocycles. The Morgan fingerprint density at radius 1 is 1.12 bits per heavy atom. The smallest absolute Gasteiger partial charge is 0.162 e. The maximum atomic E-state index is 9.34. The summed E-state index contributed by atoms with van der Waals surface area (Å²) in [5.74, 6) is 0.505. The summed E-state index contributed by atoms with van der Waals surface area (Å²) >= 11 is 14.9. The van der Waals surface area contributed by atoms with Gasteiger partial charge in [0.25, 0.3) is 0 Å². The first-order valence-electron chi connectivity index (χ1n) is 4.26. The van der Waals surface area contributed by atoms with E-state index in [1.807, 2.05) is 0 Å². The molecule has 0 spiro atoms. The fourth-order valence-electron chi connectivity index (χ4n) is 1.17. The minimum absolute atomic E-state index is 0.135. The van der Waals surface area contributed by atoms with Gasteiger partial charge in [0.2, 0.25) is 0 Å². The van der Waals surface area contributed by atoms with Gasteiger partial charge in [-0.15, -0.1) is 0 Å². The second-order valence-corrected chi connectivity index (χ2v) is 4.50. The summed E-state index contributed by atoms with van der Waals surface area (Å²) in [6.45, 7) is 0. The third-order valence-electron chi connectivity index (χ3n) is 1.87. The topological polar surface area (TPSA) is 46.0 Å². The van der Waals surface area contributed by atoms with E-state index in [-0.39, 0.29) is 16.1 Å². The van der Waals surface area contributed by atoms with Crippen LogP contribution in [0.5, 0.6) is 5.75 Å². The SMILES string of the molecule is Oc1cccc(-c2nc(Cl)c(Br)c(Cl)n2)c1. The van der Waals surface area contributed by atoms with Crippen LogP contribution in [-0.2, 0) is 0 Å². The summed E-state index contributed by atoms with van der Waals surface area (Å²) in [6.07, 6.45) is 0. The zero-order chi connectivity index (χ0) is 11.7. The number of hydrogen-bond acceptors (Lipinski definition) is 3. The fraction of sp³-hybridized carbons (Fsp3) is 0. The summed E-state index contributed by atoms with van der Waals surface area (Å²) < 4.78 is 0.458. The second kappa shape index (κ2) is 4.57. The minimum Gasteiger partial charge on any atom is -0.508 e. The van der Waals surface area contributed by atoms with Crippen LogP contribution in [0, 0.1) is 0 Å². The standard InChI is InChI=1S/C10H5BrCl2N2O/c11-7-8(12)14-10(15-9(7)13)5-2-1-3-6(16)4-5/h1-4,16H. The first kappa shape index (κ1) is 11.6. The average Bonchev–Trinajstić information content (AvgIpc) is 2.25. The van der Waals surface area contributed by atoms with Gasteiger partial charge < -0.3 is 5.11 Å². The van der Waals surface area contributed by atoms with E-state index in [0.717, 1.165) is 0 Å². The molecule has 0 radical (unpaired) electrons. The molecule has 0 fully saturated rings. The van der Waals surface area contributed by atoms with Gasteiger partial charge in [0.05, 0.1) is 4.47 Å². The third kappa shape index (κ3) is 2.29. The molecule has 0 unspecified atom stereocenters. The molecule has 1 N–H and O–H groups in total. The monoisotopic (exact) mass is 318 g/mol. The highest BCUT2D eigenvalue weighted by Gasteiger charge is 2.10. The van der Waals surface area contributed by atoms with E-state index in [1.165, 1.54) is 6.07 Å². The zero-order valence-electron chi connectivity index (χ0n) is 7.78. The lowest BCUT2D eigenvalue weighted by atomic mass is 10.2. The lowest BCUT2D eigenvalue weighted by Gasteiger charge is -2.04. The molecule has 3 nitrogen and oxygen atoms in total. The van der Waals surface area contributed by atoms with Crippen LogP contribution in [0.3, 0.4) is 0 Å². The predicted octanol–water partition coefficient (Wildman–Crippen LogP) is 3.92. The van der Waals surface area contributed by atoms with Crippen molar-refractivity contribution in [1.82, 2.24) is 9.97 Å². The Labute approximate surface area is 110 Å². The molecule has 1 heterocycles. The second-order valence-electron chi connectivity index (χ2n) is 2.99. The number of halogens is 3. The number of phenols is 1. The Hall–Kier alpha value is -0.840. The van der Waals surface area contributed by atoms with E-state index in [0.29, 0.717) is 15.9 Å². The van der Waals surface area contributed by atoms with Crippen molar-refractivity contribution in [2.24, 2.45) is 0 Å². The lowest BCUT2D eigenvalue weighted by Crippen LogP contribution is -1.91. The van der Waals surface area contributed by atoms with Crippen molar-refractivity contribution in [1.29, 1.82) is 0 Å². The van der Waals surface area contributed by atoms with E-state index in [9.17, 15) is 5.11 Å². The lowest BCUT2D eigenvalue weighted by molar-refractivity contribution is 0.475. The van der Waals surface area contributed by atoms with Crippen molar-refractivity contribution < 1.29 is 5.11 Å². The molecule has 0 saturated carbocycles. The van der Waals surface area contributed by atoms with Crippen LogP contribution in [-0.4, -0.2) is 15.1 Å². The largest absolute Gasteiger partial charge is 0.508 e. The molecule has 0 aliphatic heterocycles. The first-order chi connectivity index (χ1) is 7.58. The van der Waals surface area contributed by atoms with Gasteiger partial charge >= 0.3 is 0 Å². The Morgan fingerprint density at radius 3 is 2.31 bits per heavy atom. The van der Waals surface area contributed by atoms with Crippen LogP contribution in [0.15, 0.2) is 28.7 Å². The van der Waals surface area contributed by atoms with Crippen molar-refractivity contribution in [2.75, 3.05) is 0 Å². The molecular formula is C10H5BrCl2N2O. The van der Waals surface area contributed by atoms with Crippen molar-refractivity contribution in [3.05, 3.63) is 39.0 Å². The Kier molecular flexibility index (Phi) is 3.33. The van der Waals surface area contributed by atoms with Crippen LogP contribution >= 0.6 is 39.1 Å². The summed E-state index contributed by atoms with van der Waals surface area (Å²) in [5, 5.41) is 9.81. The average molecular weight is 320 g/mol. The number of aromatic hydroxyl groups is 1. The highest BCUT2D eigenvalue weighted by Crippen LogP contribution is 2.30. The van der Waals surface area contributed by atoms with Crippen LogP contribution in [0.4, 0.5) is 0 Å². The molecule has 1 aromatic heterocycles. The van der Waals surface area contributed by atoms with Gasteiger partial charge in [-0.3, -0.25) is 0 Å².